The fraction of sp³-hybridized carbons (Fsp3) is 0.375. The van der Waals surface area contributed by atoms with Crippen molar-refractivity contribution in [3.63, 3.8) is 0 Å². The summed E-state index contributed by atoms with van der Waals surface area (Å²) in [6, 6.07) is 12.7. The van der Waals surface area contributed by atoms with Crippen LogP contribution in [0.1, 0.15) is 28.7 Å². The Kier molecular flexibility index (Phi) is 4.77. The third-order valence-corrected chi connectivity index (χ3v) is 3.24. The van der Waals surface area contributed by atoms with Crippen molar-refractivity contribution in [2.24, 2.45) is 0 Å². The Bertz CT molecular complexity index is 502. The molecule has 102 valence electrons. The van der Waals surface area contributed by atoms with Crippen molar-refractivity contribution >= 4 is 0 Å². The molecule has 19 heavy (non-hydrogen) atoms. The van der Waals surface area contributed by atoms with Crippen LogP contribution in [0.5, 0.6) is 0 Å². The first-order valence-corrected chi connectivity index (χ1v) is 6.56. The van der Waals surface area contributed by atoms with Gasteiger partial charge in [0.05, 0.1) is 12.6 Å². The van der Waals surface area contributed by atoms with Crippen LogP contribution in [0.3, 0.4) is 0 Å². The minimum absolute atomic E-state index is 0.102. The second kappa shape index (κ2) is 6.55. The summed E-state index contributed by atoms with van der Waals surface area (Å²) in [7, 11) is 3.67. The predicted octanol–water partition coefficient (Wildman–Crippen LogP) is 3.09. The SMILES string of the molecule is CNC(c1ccc(CCOC)cc1)c1ccc(C)o1. The fourth-order valence-electron chi connectivity index (χ4n) is 2.18. The lowest BCUT2D eigenvalue weighted by Crippen LogP contribution is -2.17. The highest BCUT2D eigenvalue weighted by atomic mass is 16.5. The first-order chi connectivity index (χ1) is 9.24. The minimum Gasteiger partial charge on any atom is -0.464 e. The van der Waals surface area contributed by atoms with Crippen LogP contribution in [-0.4, -0.2) is 20.8 Å². The molecule has 0 saturated heterocycles. The van der Waals surface area contributed by atoms with Crippen molar-refractivity contribution in [2.45, 2.75) is 19.4 Å². The lowest BCUT2D eigenvalue weighted by molar-refractivity contribution is 0.202. The van der Waals surface area contributed by atoms with Crippen LogP contribution in [0.25, 0.3) is 0 Å². The Morgan fingerprint density at radius 1 is 1.16 bits per heavy atom. The summed E-state index contributed by atoms with van der Waals surface area (Å²) in [4.78, 5) is 0. The van der Waals surface area contributed by atoms with E-state index in [1.807, 2.05) is 26.1 Å². The Balaban J connectivity index is 2.15. The Morgan fingerprint density at radius 3 is 2.42 bits per heavy atom. The fourth-order valence-corrected chi connectivity index (χ4v) is 2.18. The molecule has 0 aliphatic carbocycles. The second-order valence-electron chi connectivity index (χ2n) is 4.65. The zero-order valence-corrected chi connectivity index (χ0v) is 11.8. The van der Waals surface area contributed by atoms with E-state index in [2.05, 4.69) is 29.6 Å². The van der Waals surface area contributed by atoms with Crippen molar-refractivity contribution in [1.29, 1.82) is 0 Å². The second-order valence-corrected chi connectivity index (χ2v) is 4.65. The molecular weight excluding hydrogens is 238 g/mol. The maximum absolute atomic E-state index is 5.70. The maximum atomic E-state index is 5.70. The minimum atomic E-state index is 0.102. The average Bonchev–Trinajstić information content (AvgIpc) is 2.85. The lowest BCUT2D eigenvalue weighted by Gasteiger charge is -2.14. The van der Waals surface area contributed by atoms with Gasteiger partial charge in [0.1, 0.15) is 11.5 Å². The number of benzene rings is 1. The van der Waals surface area contributed by atoms with E-state index in [0.29, 0.717) is 0 Å². The first-order valence-electron chi connectivity index (χ1n) is 6.56. The molecule has 0 aliphatic heterocycles. The number of ether oxygens (including phenoxy) is 1. The Morgan fingerprint density at radius 2 is 1.89 bits per heavy atom. The molecule has 2 aromatic rings. The van der Waals surface area contributed by atoms with Gasteiger partial charge in [0.2, 0.25) is 0 Å². The molecule has 0 aliphatic rings. The molecule has 0 amide bonds. The molecule has 3 heteroatoms. The zero-order valence-electron chi connectivity index (χ0n) is 11.8. The molecule has 0 bridgehead atoms. The highest BCUT2D eigenvalue weighted by molar-refractivity contribution is 5.30. The summed E-state index contributed by atoms with van der Waals surface area (Å²) in [6.45, 7) is 2.72. The maximum Gasteiger partial charge on any atom is 0.125 e. The molecule has 1 atom stereocenters. The average molecular weight is 259 g/mol. The van der Waals surface area contributed by atoms with Crippen LogP contribution in [-0.2, 0) is 11.2 Å². The van der Waals surface area contributed by atoms with Crippen molar-refractivity contribution in [3.8, 4) is 0 Å². The van der Waals surface area contributed by atoms with E-state index in [4.69, 9.17) is 9.15 Å². The molecule has 1 heterocycles. The molecule has 1 unspecified atom stereocenters. The summed E-state index contributed by atoms with van der Waals surface area (Å²) in [5.41, 5.74) is 2.49. The number of nitrogens with one attached hydrogen (secondary N) is 1. The third kappa shape index (κ3) is 3.46. The summed E-state index contributed by atoms with van der Waals surface area (Å²) in [6.07, 6.45) is 0.945. The molecule has 1 aromatic carbocycles. The molecule has 1 N–H and O–H groups in total. The van der Waals surface area contributed by atoms with Gasteiger partial charge < -0.3 is 14.5 Å². The van der Waals surface area contributed by atoms with Gasteiger partial charge in [0, 0.05) is 7.11 Å². The van der Waals surface area contributed by atoms with E-state index < -0.39 is 0 Å². The molecule has 0 radical (unpaired) electrons. The van der Waals surface area contributed by atoms with E-state index >= 15 is 0 Å². The van der Waals surface area contributed by atoms with E-state index in [9.17, 15) is 0 Å². The largest absolute Gasteiger partial charge is 0.464 e. The van der Waals surface area contributed by atoms with Crippen molar-refractivity contribution in [1.82, 2.24) is 5.32 Å². The highest BCUT2D eigenvalue weighted by Gasteiger charge is 2.15. The number of aryl methyl sites for hydroxylation is 1. The monoisotopic (exact) mass is 259 g/mol. The molecule has 1 aromatic heterocycles. The number of furan rings is 1. The van der Waals surface area contributed by atoms with Gasteiger partial charge in [0.15, 0.2) is 0 Å². The van der Waals surface area contributed by atoms with Crippen LogP contribution in [0.2, 0.25) is 0 Å². The lowest BCUT2D eigenvalue weighted by atomic mass is 10.0. The summed E-state index contributed by atoms with van der Waals surface area (Å²) < 4.78 is 10.8. The topological polar surface area (TPSA) is 34.4 Å². The van der Waals surface area contributed by atoms with Crippen LogP contribution < -0.4 is 5.32 Å². The Hall–Kier alpha value is -1.58. The van der Waals surface area contributed by atoms with Crippen molar-refractivity contribution < 1.29 is 9.15 Å². The standard InChI is InChI=1S/C16H21NO2/c1-12-4-9-15(19-12)16(17-2)14-7-5-13(6-8-14)10-11-18-3/h4-9,16-17H,10-11H2,1-3H3. The van der Waals surface area contributed by atoms with Gasteiger partial charge in [-0.05, 0) is 43.7 Å². The molecule has 3 nitrogen and oxygen atoms in total. The van der Waals surface area contributed by atoms with Gasteiger partial charge in [-0.3, -0.25) is 0 Å². The van der Waals surface area contributed by atoms with E-state index in [1.54, 1.807) is 7.11 Å². The van der Waals surface area contributed by atoms with E-state index in [1.165, 1.54) is 11.1 Å². The van der Waals surface area contributed by atoms with Gasteiger partial charge >= 0.3 is 0 Å². The van der Waals surface area contributed by atoms with E-state index in [0.717, 1.165) is 24.5 Å². The van der Waals surface area contributed by atoms with Gasteiger partial charge in [-0.2, -0.15) is 0 Å². The summed E-state index contributed by atoms with van der Waals surface area (Å²) in [5, 5.41) is 3.29. The van der Waals surface area contributed by atoms with E-state index in [-0.39, 0.29) is 6.04 Å². The van der Waals surface area contributed by atoms with Crippen LogP contribution in [0.15, 0.2) is 40.8 Å². The van der Waals surface area contributed by atoms with Crippen LogP contribution in [0.4, 0.5) is 0 Å². The van der Waals surface area contributed by atoms with Crippen LogP contribution in [0, 0.1) is 6.92 Å². The normalized spacial score (nSPS) is 12.6. The number of rotatable bonds is 6. The molecule has 2 rings (SSSR count). The quantitative estimate of drug-likeness (QED) is 0.865. The first kappa shape index (κ1) is 13.8. The highest BCUT2D eigenvalue weighted by Crippen LogP contribution is 2.23. The van der Waals surface area contributed by atoms with Crippen molar-refractivity contribution in [2.75, 3.05) is 20.8 Å². The molecule has 0 saturated carbocycles. The molecule has 0 spiro atoms. The number of hydrogen-bond donors (Lipinski definition) is 1. The zero-order chi connectivity index (χ0) is 13.7. The number of methoxy groups -OCH3 is 1. The van der Waals surface area contributed by atoms with Gasteiger partial charge in [-0.1, -0.05) is 24.3 Å². The smallest absolute Gasteiger partial charge is 0.125 e. The number of hydrogen-bond acceptors (Lipinski definition) is 3. The van der Waals surface area contributed by atoms with Gasteiger partial charge in [0.25, 0.3) is 0 Å². The van der Waals surface area contributed by atoms with Gasteiger partial charge in [-0.15, -0.1) is 0 Å². The Labute approximate surface area is 114 Å². The predicted molar refractivity (Wildman–Crippen MR) is 76.4 cm³/mol. The third-order valence-electron chi connectivity index (χ3n) is 3.24. The van der Waals surface area contributed by atoms with Crippen LogP contribution >= 0.6 is 0 Å². The van der Waals surface area contributed by atoms with Gasteiger partial charge in [-0.25, -0.2) is 0 Å². The summed E-state index contributed by atoms with van der Waals surface area (Å²) in [5.74, 6) is 1.89. The summed E-state index contributed by atoms with van der Waals surface area (Å²) >= 11 is 0. The molecular formula is C16H21NO2. The molecule has 0 fully saturated rings. The van der Waals surface area contributed by atoms with Crippen molar-refractivity contribution in [3.05, 3.63) is 59.0 Å².